The molecule has 96 valence electrons. The molecule has 2 rings (SSSR count). The smallest absolute Gasteiger partial charge is 0.334 e. The molecule has 1 aromatic heterocycles. The van der Waals surface area contributed by atoms with Gasteiger partial charge in [0, 0.05) is 12.1 Å². The van der Waals surface area contributed by atoms with Gasteiger partial charge in [0.15, 0.2) is 5.82 Å². The minimum absolute atomic E-state index is 0.0598. The molecule has 0 bridgehead atoms. The van der Waals surface area contributed by atoms with Crippen molar-refractivity contribution in [3.8, 4) is 11.5 Å². The van der Waals surface area contributed by atoms with Crippen LogP contribution in [0.15, 0.2) is 28.8 Å². The number of alkyl halides is 3. The molecule has 0 aliphatic carbocycles. The Morgan fingerprint density at radius 1 is 1.28 bits per heavy atom. The molecular formula is C11H10F3N3O. The first-order chi connectivity index (χ1) is 8.48. The van der Waals surface area contributed by atoms with Gasteiger partial charge >= 0.3 is 6.18 Å². The predicted molar refractivity (Wildman–Crippen MR) is 57.4 cm³/mol. The summed E-state index contributed by atoms with van der Waals surface area (Å²) >= 11 is 0. The van der Waals surface area contributed by atoms with Gasteiger partial charge in [0.1, 0.15) is 6.42 Å². The van der Waals surface area contributed by atoms with E-state index in [9.17, 15) is 13.2 Å². The molecule has 1 heterocycles. The summed E-state index contributed by atoms with van der Waals surface area (Å²) in [4.78, 5) is 3.70. The second kappa shape index (κ2) is 4.77. The van der Waals surface area contributed by atoms with Crippen molar-refractivity contribution >= 4 is 0 Å². The zero-order chi connectivity index (χ0) is 13.2. The van der Waals surface area contributed by atoms with Crippen molar-refractivity contribution in [2.75, 3.05) is 0 Å². The molecule has 0 saturated heterocycles. The van der Waals surface area contributed by atoms with Crippen LogP contribution in [0, 0.1) is 0 Å². The maximum Gasteiger partial charge on any atom is 0.396 e. The van der Waals surface area contributed by atoms with Gasteiger partial charge in [-0.25, -0.2) is 0 Å². The van der Waals surface area contributed by atoms with E-state index in [0.29, 0.717) is 12.1 Å². The molecule has 2 N–H and O–H groups in total. The van der Waals surface area contributed by atoms with E-state index in [1.807, 2.05) is 0 Å². The SMILES string of the molecule is NCc1cccc(-c2nc(CC(F)(F)F)no2)c1. The Balaban J connectivity index is 2.23. The lowest BCUT2D eigenvalue weighted by Gasteiger charge is -2.00. The molecule has 0 amide bonds. The van der Waals surface area contributed by atoms with Crippen LogP contribution < -0.4 is 5.73 Å². The maximum absolute atomic E-state index is 12.1. The van der Waals surface area contributed by atoms with Gasteiger partial charge in [0.05, 0.1) is 0 Å². The monoisotopic (exact) mass is 257 g/mol. The van der Waals surface area contributed by atoms with E-state index in [1.54, 1.807) is 24.3 Å². The lowest BCUT2D eigenvalue weighted by Crippen LogP contribution is -2.12. The average Bonchev–Trinajstić information content (AvgIpc) is 2.75. The molecule has 0 atom stereocenters. The van der Waals surface area contributed by atoms with Crippen LogP contribution in [0.5, 0.6) is 0 Å². The van der Waals surface area contributed by atoms with Crippen LogP contribution in [0.25, 0.3) is 11.5 Å². The van der Waals surface area contributed by atoms with Crippen molar-refractivity contribution in [3.05, 3.63) is 35.7 Å². The van der Waals surface area contributed by atoms with Gasteiger partial charge < -0.3 is 10.3 Å². The third-order valence-corrected chi connectivity index (χ3v) is 2.24. The van der Waals surface area contributed by atoms with Gasteiger partial charge in [0.25, 0.3) is 5.89 Å². The number of halogens is 3. The third-order valence-electron chi connectivity index (χ3n) is 2.24. The van der Waals surface area contributed by atoms with Gasteiger partial charge in [-0.05, 0) is 17.7 Å². The standard InChI is InChI=1S/C11H10F3N3O/c12-11(13,14)5-9-16-10(18-17-9)8-3-1-2-7(4-8)6-15/h1-4H,5-6,15H2. The van der Waals surface area contributed by atoms with Gasteiger partial charge in [-0.2, -0.15) is 18.2 Å². The zero-order valence-electron chi connectivity index (χ0n) is 9.24. The van der Waals surface area contributed by atoms with Crippen LogP contribution in [-0.4, -0.2) is 16.3 Å². The van der Waals surface area contributed by atoms with E-state index >= 15 is 0 Å². The Labute approximate surface area is 101 Å². The molecule has 0 fully saturated rings. The minimum atomic E-state index is -4.35. The summed E-state index contributed by atoms with van der Waals surface area (Å²) < 4.78 is 41.2. The predicted octanol–water partition coefficient (Wildman–Crippen LogP) is 2.30. The van der Waals surface area contributed by atoms with Gasteiger partial charge in [0.2, 0.25) is 0 Å². The second-order valence-corrected chi connectivity index (χ2v) is 3.71. The fraction of sp³-hybridized carbons (Fsp3) is 0.273. The number of rotatable bonds is 3. The summed E-state index contributed by atoms with van der Waals surface area (Å²) in [7, 11) is 0. The van der Waals surface area contributed by atoms with Crippen LogP contribution in [-0.2, 0) is 13.0 Å². The highest BCUT2D eigenvalue weighted by atomic mass is 19.4. The van der Waals surface area contributed by atoms with Crippen molar-refractivity contribution in [2.45, 2.75) is 19.1 Å². The number of nitrogens with two attached hydrogens (primary N) is 1. The molecule has 0 radical (unpaired) electrons. The van der Waals surface area contributed by atoms with Crippen molar-refractivity contribution in [1.82, 2.24) is 10.1 Å². The summed E-state index contributed by atoms with van der Waals surface area (Å²) in [6.07, 6.45) is -5.55. The average molecular weight is 257 g/mol. The number of nitrogens with zero attached hydrogens (tertiary/aromatic N) is 2. The van der Waals surface area contributed by atoms with E-state index in [1.165, 1.54) is 0 Å². The Morgan fingerprint density at radius 3 is 2.72 bits per heavy atom. The van der Waals surface area contributed by atoms with E-state index < -0.39 is 12.6 Å². The Kier molecular flexibility index (Phi) is 3.33. The van der Waals surface area contributed by atoms with Crippen LogP contribution in [0.4, 0.5) is 13.2 Å². The highest BCUT2D eigenvalue weighted by Gasteiger charge is 2.30. The maximum atomic E-state index is 12.1. The molecule has 1 aromatic carbocycles. The molecule has 18 heavy (non-hydrogen) atoms. The fourth-order valence-corrected chi connectivity index (χ4v) is 1.45. The summed E-state index contributed by atoms with van der Waals surface area (Å²) in [6, 6.07) is 6.90. The lowest BCUT2D eigenvalue weighted by molar-refractivity contribution is -0.128. The van der Waals surface area contributed by atoms with Gasteiger partial charge in [-0.3, -0.25) is 0 Å². The Bertz CT molecular complexity index is 536. The third kappa shape index (κ3) is 3.07. The molecular weight excluding hydrogens is 247 g/mol. The first-order valence-corrected chi connectivity index (χ1v) is 5.16. The summed E-state index contributed by atoms with van der Waals surface area (Å²) in [5, 5.41) is 3.30. The van der Waals surface area contributed by atoms with E-state index in [4.69, 9.17) is 10.3 Å². The molecule has 0 aliphatic rings. The topological polar surface area (TPSA) is 64.9 Å². The Morgan fingerprint density at radius 2 is 2.06 bits per heavy atom. The number of hydrogen-bond acceptors (Lipinski definition) is 4. The van der Waals surface area contributed by atoms with Crippen molar-refractivity contribution in [2.24, 2.45) is 5.73 Å². The molecule has 7 heteroatoms. The molecule has 0 unspecified atom stereocenters. The van der Waals surface area contributed by atoms with Crippen molar-refractivity contribution in [1.29, 1.82) is 0 Å². The first-order valence-electron chi connectivity index (χ1n) is 5.16. The fourth-order valence-electron chi connectivity index (χ4n) is 1.45. The van der Waals surface area contributed by atoms with Crippen LogP contribution in [0.2, 0.25) is 0 Å². The largest absolute Gasteiger partial charge is 0.396 e. The number of aromatic nitrogens is 2. The lowest BCUT2D eigenvalue weighted by atomic mass is 10.1. The van der Waals surface area contributed by atoms with E-state index in [0.717, 1.165) is 5.56 Å². The molecule has 0 spiro atoms. The van der Waals surface area contributed by atoms with Gasteiger partial charge in [-0.1, -0.05) is 17.3 Å². The zero-order valence-corrected chi connectivity index (χ0v) is 9.24. The molecule has 0 saturated carbocycles. The van der Waals surface area contributed by atoms with Crippen molar-refractivity contribution in [3.63, 3.8) is 0 Å². The second-order valence-electron chi connectivity index (χ2n) is 3.71. The normalized spacial score (nSPS) is 11.8. The number of benzene rings is 1. The van der Waals surface area contributed by atoms with Crippen LogP contribution in [0.1, 0.15) is 11.4 Å². The van der Waals surface area contributed by atoms with Crippen LogP contribution in [0.3, 0.4) is 0 Å². The summed E-state index contributed by atoms with van der Waals surface area (Å²) in [5.41, 5.74) is 6.86. The minimum Gasteiger partial charge on any atom is -0.334 e. The molecule has 2 aromatic rings. The number of hydrogen-bond donors (Lipinski definition) is 1. The molecule has 4 nitrogen and oxygen atoms in total. The van der Waals surface area contributed by atoms with Gasteiger partial charge in [-0.15, -0.1) is 0 Å². The Hall–Kier alpha value is -1.89. The van der Waals surface area contributed by atoms with Crippen LogP contribution >= 0.6 is 0 Å². The van der Waals surface area contributed by atoms with E-state index in [-0.39, 0.29) is 11.7 Å². The summed E-state index contributed by atoms with van der Waals surface area (Å²) in [6.45, 7) is 0.331. The highest BCUT2D eigenvalue weighted by Crippen LogP contribution is 2.23. The van der Waals surface area contributed by atoms with E-state index in [2.05, 4.69) is 10.1 Å². The molecule has 0 aliphatic heterocycles. The first kappa shape index (κ1) is 12.6. The van der Waals surface area contributed by atoms with Crippen molar-refractivity contribution < 1.29 is 17.7 Å². The summed E-state index contributed by atoms with van der Waals surface area (Å²) in [5.74, 6) is -0.319. The quantitative estimate of drug-likeness (QED) is 0.916. The highest BCUT2D eigenvalue weighted by molar-refractivity contribution is 5.53.